The Balaban J connectivity index is 1.76. The van der Waals surface area contributed by atoms with Crippen LogP contribution < -0.4 is 4.74 Å². The van der Waals surface area contributed by atoms with Crippen LogP contribution in [-0.4, -0.2) is 0 Å². The summed E-state index contributed by atoms with van der Waals surface area (Å²) in [5.74, 6) is 0.919. The smallest absolute Gasteiger partial charge is 0.187 e. The summed E-state index contributed by atoms with van der Waals surface area (Å²) in [5, 5.41) is 2.11. The highest BCUT2D eigenvalue weighted by Crippen LogP contribution is 2.50. The van der Waals surface area contributed by atoms with Crippen molar-refractivity contribution >= 4 is 17.4 Å². The van der Waals surface area contributed by atoms with Crippen LogP contribution >= 0.6 is 11.3 Å². The molecule has 4 aromatic rings. The number of rotatable bonds is 3. The monoisotopic (exact) mass is 366 g/mol. The molecule has 1 aliphatic rings. The topological polar surface area (TPSA) is 9.23 Å². The van der Waals surface area contributed by atoms with E-state index in [2.05, 4.69) is 96.4 Å². The maximum absolute atomic E-state index is 6.74. The molecule has 0 fully saturated rings. The highest BCUT2D eigenvalue weighted by molar-refractivity contribution is 7.10. The predicted octanol–water partition coefficient (Wildman–Crippen LogP) is 6.76. The Morgan fingerprint density at radius 3 is 2.26 bits per heavy atom. The van der Waals surface area contributed by atoms with Gasteiger partial charge in [-0.25, -0.2) is 0 Å². The zero-order valence-corrected chi connectivity index (χ0v) is 15.5. The zero-order chi connectivity index (χ0) is 18.1. The molecule has 1 aromatic heterocycles. The van der Waals surface area contributed by atoms with Gasteiger partial charge in [-0.1, -0.05) is 84.9 Å². The quantitative estimate of drug-likeness (QED) is 0.389. The number of thiophene rings is 1. The number of fused-ring (bicyclic) bond motifs is 3. The molecule has 2 heterocycles. The van der Waals surface area contributed by atoms with Crippen LogP contribution in [0.3, 0.4) is 0 Å². The molecule has 0 aliphatic carbocycles. The standard InChI is InChI=1S/C25H18OS/c1-2-9-19(10-3-1)16-17-25(24-15-8-18-27-24)22-13-6-4-11-20(22)21-12-5-7-14-23(21)26-25/h1-18H/b17-16+. The summed E-state index contributed by atoms with van der Waals surface area (Å²) in [6.45, 7) is 0. The van der Waals surface area contributed by atoms with Gasteiger partial charge in [0.05, 0.1) is 4.88 Å². The Hall–Kier alpha value is -3.10. The van der Waals surface area contributed by atoms with Crippen molar-refractivity contribution in [2.24, 2.45) is 0 Å². The van der Waals surface area contributed by atoms with Crippen LogP contribution in [0.5, 0.6) is 5.75 Å². The second-order valence-corrected chi connectivity index (χ2v) is 7.55. The maximum Gasteiger partial charge on any atom is 0.187 e. The molecule has 0 saturated carbocycles. The molecule has 1 aliphatic heterocycles. The minimum atomic E-state index is -0.630. The molecule has 27 heavy (non-hydrogen) atoms. The predicted molar refractivity (Wildman–Crippen MR) is 113 cm³/mol. The van der Waals surface area contributed by atoms with E-state index in [1.54, 1.807) is 11.3 Å². The van der Waals surface area contributed by atoms with Gasteiger partial charge in [0.2, 0.25) is 0 Å². The van der Waals surface area contributed by atoms with Gasteiger partial charge >= 0.3 is 0 Å². The molecule has 1 atom stereocenters. The molecule has 0 bridgehead atoms. The first-order valence-corrected chi connectivity index (χ1v) is 9.91. The van der Waals surface area contributed by atoms with E-state index >= 15 is 0 Å². The molecule has 1 unspecified atom stereocenters. The molecule has 0 amide bonds. The second-order valence-electron chi connectivity index (χ2n) is 6.60. The Labute approximate surface area is 163 Å². The lowest BCUT2D eigenvalue weighted by Crippen LogP contribution is -2.34. The fraction of sp³-hybridized carbons (Fsp3) is 0.0400. The number of para-hydroxylation sites is 1. The van der Waals surface area contributed by atoms with E-state index in [1.807, 2.05) is 12.1 Å². The summed E-state index contributed by atoms with van der Waals surface area (Å²) in [4.78, 5) is 1.18. The fourth-order valence-corrected chi connectivity index (χ4v) is 4.56. The molecule has 3 aromatic carbocycles. The molecular formula is C25H18OS. The summed E-state index contributed by atoms with van der Waals surface area (Å²) < 4.78 is 6.74. The molecule has 5 rings (SSSR count). The molecule has 130 valence electrons. The highest BCUT2D eigenvalue weighted by Gasteiger charge is 2.41. The molecule has 0 saturated heterocycles. The molecule has 1 nitrogen and oxygen atoms in total. The van der Waals surface area contributed by atoms with Crippen LogP contribution in [0.2, 0.25) is 0 Å². The summed E-state index contributed by atoms with van der Waals surface area (Å²) >= 11 is 1.73. The van der Waals surface area contributed by atoms with Gasteiger partial charge in [0.25, 0.3) is 0 Å². The molecule has 0 radical (unpaired) electrons. The maximum atomic E-state index is 6.74. The van der Waals surface area contributed by atoms with Crippen LogP contribution in [-0.2, 0) is 5.60 Å². The van der Waals surface area contributed by atoms with Crippen LogP contribution in [0, 0.1) is 0 Å². The van der Waals surface area contributed by atoms with Crippen molar-refractivity contribution in [2.45, 2.75) is 5.60 Å². The van der Waals surface area contributed by atoms with Gasteiger partial charge in [0.1, 0.15) is 5.75 Å². The van der Waals surface area contributed by atoms with Crippen LogP contribution in [0.1, 0.15) is 16.0 Å². The van der Waals surface area contributed by atoms with Gasteiger partial charge in [-0.3, -0.25) is 0 Å². The van der Waals surface area contributed by atoms with Crippen molar-refractivity contribution in [3.05, 3.63) is 118 Å². The van der Waals surface area contributed by atoms with Gasteiger partial charge in [-0.15, -0.1) is 11.3 Å². The van der Waals surface area contributed by atoms with E-state index in [-0.39, 0.29) is 0 Å². The Kier molecular flexibility index (Phi) is 3.92. The number of hydrogen-bond acceptors (Lipinski definition) is 2. The van der Waals surface area contributed by atoms with Gasteiger partial charge in [-0.2, -0.15) is 0 Å². The Bertz CT molecular complexity index is 1100. The van der Waals surface area contributed by atoms with Crippen LogP contribution in [0.4, 0.5) is 0 Å². The van der Waals surface area contributed by atoms with Crippen molar-refractivity contribution < 1.29 is 4.74 Å². The van der Waals surface area contributed by atoms with Crippen molar-refractivity contribution in [2.75, 3.05) is 0 Å². The lowest BCUT2D eigenvalue weighted by molar-refractivity contribution is 0.165. The van der Waals surface area contributed by atoms with Crippen molar-refractivity contribution in [1.29, 1.82) is 0 Å². The van der Waals surface area contributed by atoms with Crippen LogP contribution in [0.25, 0.3) is 17.2 Å². The van der Waals surface area contributed by atoms with Crippen molar-refractivity contribution in [3.63, 3.8) is 0 Å². The minimum Gasteiger partial charge on any atom is -0.472 e. The van der Waals surface area contributed by atoms with Crippen molar-refractivity contribution in [3.8, 4) is 16.9 Å². The average molecular weight is 366 g/mol. The van der Waals surface area contributed by atoms with Gasteiger partial charge in [0.15, 0.2) is 5.60 Å². The van der Waals surface area contributed by atoms with E-state index in [1.165, 1.54) is 16.0 Å². The van der Waals surface area contributed by atoms with Gasteiger partial charge in [0, 0.05) is 11.1 Å². The Morgan fingerprint density at radius 2 is 1.44 bits per heavy atom. The lowest BCUT2D eigenvalue weighted by Gasteiger charge is -2.38. The minimum absolute atomic E-state index is 0.630. The summed E-state index contributed by atoms with van der Waals surface area (Å²) in [6.07, 6.45) is 4.35. The molecule has 0 N–H and O–H groups in total. The number of benzene rings is 3. The first-order valence-electron chi connectivity index (χ1n) is 9.03. The first kappa shape index (κ1) is 16.1. The third kappa shape index (κ3) is 2.70. The van der Waals surface area contributed by atoms with E-state index < -0.39 is 5.60 Å². The number of ether oxygens (including phenoxy) is 1. The first-order chi connectivity index (χ1) is 13.4. The summed E-state index contributed by atoms with van der Waals surface area (Å²) in [7, 11) is 0. The van der Waals surface area contributed by atoms with E-state index in [4.69, 9.17) is 4.74 Å². The Morgan fingerprint density at radius 1 is 0.704 bits per heavy atom. The van der Waals surface area contributed by atoms with Crippen LogP contribution in [0.15, 0.2) is 102 Å². The van der Waals surface area contributed by atoms with E-state index in [0.717, 1.165) is 16.9 Å². The van der Waals surface area contributed by atoms with E-state index in [0.29, 0.717) is 0 Å². The molecule has 0 spiro atoms. The third-order valence-corrected chi connectivity index (χ3v) is 5.96. The number of hydrogen-bond donors (Lipinski definition) is 0. The SMILES string of the molecule is C(=C\C1(c2cccs2)Oc2ccccc2-c2ccccc21)/c1ccccc1. The molecule has 2 heteroatoms. The fourth-order valence-electron chi connectivity index (χ4n) is 3.70. The second kappa shape index (κ2) is 6.57. The molecular weight excluding hydrogens is 348 g/mol. The van der Waals surface area contributed by atoms with Crippen molar-refractivity contribution in [1.82, 2.24) is 0 Å². The third-order valence-electron chi connectivity index (χ3n) is 4.97. The van der Waals surface area contributed by atoms with Gasteiger partial charge < -0.3 is 4.74 Å². The lowest BCUT2D eigenvalue weighted by atomic mass is 9.82. The van der Waals surface area contributed by atoms with E-state index in [9.17, 15) is 0 Å². The summed E-state index contributed by atoms with van der Waals surface area (Å²) in [5.41, 5.74) is 4.08. The van der Waals surface area contributed by atoms with Gasteiger partial charge in [-0.05, 0) is 34.7 Å². The largest absolute Gasteiger partial charge is 0.472 e. The summed E-state index contributed by atoms with van der Waals surface area (Å²) in [6, 6.07) is 31.5. The average Bonchev–Trinajstić information content (AvgIpc) is 3.28. The normalized spacial score (nSPS) is 17.9. The highest BCUT2D eigenvalue weighted by atomic mass is 32.1. The zero-order valence-electron chi connectivity index (χ0n) is 14.7.